The van der Waals surface area contributed by atoms with Crippen LogP contribution in [0.3, 0.4) is 0 Å². The van der Waals surface area contributed by atoms with E-state index >= 15 is 0 Å². The van der Waals surface area contributed by atoms with Gasteiger partial charge in [-0.2, -0.15) is 5.10 Å². The zero-order valence-electron chi connectivity index (χ0n) is 10.7. The first-order valence-corrected chi connectivity index (χ1v) is 6.81. The summed E-state index contributed by atoms with van der Waals surface area (Å²) in [7, 11) is 0. The Labute approximate surface area is 111 Å². The summed E-state index contributed by atoms with van der Waals surface area (Å²) in [5.74, 6) is 1.34. The minimum Gasteiger partial charge on any atom is -0.267 e. The molecule has 1 amide bonds. The summed E-state index contributed by atoms with van der Waals surface area (Å²) in [5, 5.41) is 4.03. The molecule has 2 saturated carbocycles. The molecule has 0 heterocycles. The Kier molecular flexibility index (Phi) is 3.32. The van der Waals surface area contributed by atoms with Crippen molar-refractivity contribution in [3.05, 3.63) is 35.6 Å². The molecule has 1 aromatic carbocycles. The molecule has 2 aliphatic rings. The van der Waals surface area contributed by atoms with Gasteiger partial charge in [0.2, 0.25) is 0 Å². The third-order valence-electron chi connectivity index (χ3n) is 4.31. The van der Waals surface area contributed by atoms with Gasteiger partial charge in [-0.25, -0.2) is 9.82 Å². The Bertz CT molecular complexity index is 515. The van der Waals surface area contributed by atoms with E-state index in [1.165, 1.54) is 43.9 Å². The molecule has 2 aliphatic carbocycles. The number of hydrogen-bond acceptors (Lipinski definition) is 2. The summed E-state index contributed by atoms with van der Waals surface area (Å²) in [6, 6.07) is 5.62. The van der Waals surface area contributed by atoms with Gasteiger partial charge in [0.1, 0.15) is 5.82 Å². The molecule has 19 heavy (non-hydrogen) atoms. The topological polar surface area (TPSA) is 41.5 Å². The molecule has 3 atom stereocenters. The van der Waals surface area contributed by atoms with Crippen molar-refractivity contribution in [3.63, 3.8) is 0 Å². The predicted octanol–water partition coefficient (Wildman–Crippen LogP) is 2.98. The predicted molar refractivity (Wildman–Crippen MR) is 71.3 cm³/mol. The zero-order valence-corrected chi connectivity index (χ0v) is 10.7. The number of nitrogens with one attached hydrogen (secondary N) is 1. The van der Waals surface area contributed by atoms with Crippen LogP contribution in [0.1, 0.15) is 36.0 Å². The molecule has 2 bridgehead atoms. The summed E-state index contributed by atoms with van der Waals surface area (Å²) in [6.07, 6.45) is 7.02. The fourth-order valence-corrected chi connectivity index (χ4v) is 3.36. The van der Waals surface area contributed by atoms with Gasteiger partial charge < -0.3 is 0 Å². The van der Waals surface area contributed by atoms with Gasteiger partial charge >= 0.3 is 0 Å². The first-order chi connectivity index (χ1) is 9.22. The average molecular weight is 260 g/mol. The molecule has 3 nitrogen and oxygen atoms in total. The molecule has 0 radical (unpaired) electrons. The second-order valence-corrected chi connectivity index (χ2v) is 5.57. The highest BCUT2D eigenvalue weighted by Crippen LogP contribution is 2.47. The van der Waals surface area contributed by atoms with Crippen molar-refractivity contribution in [3.8, 4) is 0 Å². The first kappa shape index (κ1) is 12.3. The van der Waals surface area contributed by atoms with Crippen molar-refractivity contribution in [2.24, 2.45) is 22.9 Å². The second-order valence-electron chi connectivity index (χ2n) is 5.57. The SMILES string of the molecule is O=C(NN=CC1CC2CCC1C2)c1cccc(F)c1. The summed E-state index contributed by atoms with van der Waals surface area (Å²) in [4.78, 5) is 11.7. The van der Waals surface area contributed by atoms with E-state index in [2.05, 4.69) is 10.5 Å². The summed E-state index contributed by atoms with van der Waals surface area (Å²) >= 11 is 0. The van der Waals surface area contributed by atoms with E-state index in [0.717, 1.165) is 11.8 Å². The largest absolute Gasteiger partial charge is 0.271 e. The lowest BCUT2D eigenvalue weighted by atomic mass is 9.90. The Morgan fingerprint density at radius 1 is 1.37 bits per heavy atom. The molecule has 100 valence electrons. The molecular weight excluding hydrogens is 243 g/mol. The monoisotopic (exact) mass is 260 g/mol. The van der Waals surface area contributed by atoms with E-state index < -0.39 is 5.82 Å². The van der Waals surface area contributed by atoms with Crippen LogP contribution in [0, 0.1) is 23.6 Å². The van der Waals surface area contributed by atoms with Crippen molar-refractivity contribution in [1.82, 2.24) is 5.43 Å². The van der Waals surface area contributed by atoms with Gasteiger partial charge in [-0.1, -0.05) is 12.5 Å². The highest BCUT2D eigenvalue weighted by atomic mass is 19.1. The molecule has 0 aromatic heterocycles. The molecule has 0 aliphatic heterocycles. The van der Waals surface area contributed by atoms with Crippen molar-refractivity contribution < 1.29 is 9.18 Å². The maximum absolute atomic E-state index is 13.0. The van der Waals surface area contributed by atoms with E-state index in [1.807, 2.05) is 6.21 Å². The number of amides is 1. The van der Waals surface area contributed by atoms with Crippen molar-refractivity contribution in [1.29, 1.82) is 0 Å². The van der Waals surface area contributed by atoms with Gasteiger partial charge in [0, 0.05) is 11.8 Å². The summed E-state index contributed by atoms with van der Waals surface area (Å²) in [6.45, 7) is 0. The Morgan fingerprint density at radius 2 is 2.26 bits per heavy atom. The number of benzene rings is 1. The number of carbonyl (C=O) groups is 1. The smallest absolute Gasteiger partial charge is 0.267 e. The maximum atomic E-state index is 13.0. The highest BCUT2D eigenvalue weighted by molar-refractivity contribution is 5.94. The van der Waals surface area contributed by atoms with Gasteiger partial charge in [0.05, 0.1) is 0 Å². The lowest BCUT2D eigenvalue weighted by Gasteiger charge is -2.16. The normalized spacial score (nSPS) is 29.0. The van der Waals surface area contributed by atoms with Crippen LogP contribution in [-0.2, 0) is 0 Å². The standard InChI is InChI=1S/C15H17FN2O/c16-14-3-1-2-12(8-14)15(19)18-17-9-13-7-10-4-5-11(13)6-10/h1-3,8-11,13H,4-7H2,(H,18,19). The van der Waals surface area contributed by atoms with Crippen molar-refractivity contribution in [2.45, 2.75) is 25.7 Å². The van der Waals surface area contributed by atoms with Gasteiger partial charge in [-0.05, 0) is 55.2 Å². The van der Waals surface area contributed by atoms with Crippen LogP contribution in [0.2, 0.25) is 0 Å². The van der Waals surface area contributed by atoms with Crippen LogP contribution >= 0.6 is 0 Å². The van der Waals surface area contributed by atoms with Gasteiger partial charge in [0.25, 0.3) is 5.91 Å². The second kappa shape index (κ2) is 5.11. The maximum Gasteiger partial charge on any atom is 0.271 e. The minimum absolute atomic E-state index is 0.296. The fourth-order valence-electron chi connectivity index (χ4n) is 3.36. The molecule has 4 heteroatoms. The van der Waals surface area contributed by atoms with Gasteiger partial charge in [-0.3, -0.25) is 4.79 Å². The molecule has 2 fully saturated rings. The Morgan fingerprint density at radius 3 is 2.95 bits per heavy atom. The Balaban J connectivity index is 1.56. The van der Waals surface area contributed by atoms with Crippen molar-refractivity contribution in [2.75, 3.05) is 0 Å². The lowest BCUT2D eigenvalue weighted by molar-refractivity contribution is 0.0954. The number of fused-ring (bicyclic) bond motifs is 2. The first-order valence-electron chi connectivity index (χ1n) is 6.81. The molecule has 0 spiro atoms. The summed E-state index contributed by atoms with van der Waals surface area (Å²) in [5.41, 5.74) is 2.77. The lowest BCUT2D eigenvalue weighted by Crippen LogP contribution is -2.20. The molecule has 0 saturated heterocycles. The van der Waals surface area contributed by atoms with Crippen LogP contribution in [0.4, 0.5) is 4.39 Å². The molecular formula is C15H17FN2O. The van der Waals surface area contributed by atoms with E-state index in [9.17, 15) is 9.18 Å². The van der Waals surface area contributed by atoms with Gasteiger partial charge in [0.15, 0.2) is 0 Å². The van der Waals surface area contributed by atoms with Gasteiger partial charge in [-0.15, -0.1) is 0 Å². The number of hydrogen-bond donors (Lipinski definition) is 1. The molecule has 3 rings (SSSR count). The number of carbonyl (C=O) groups excluding carboxylic acids is 1. The van der Waals surface area contributed by atoms with Crippen LogP contribution < -0.4 is 5.43 Å². The third-order valence-corrected chi connectivity index (χ3v) is 4.31. The van der Waals surface area contributed by atoms with E-state index in [1.54, 1.807) is 6.07 Å². The number of hydrazone groups is 1. The van der Waals surface area contributed by atoms with Crippen LogP contribution in [0.25, 0.3) is 0 Å². The molecule has 1 N–H and O–H groups in total. The number of halogens is 1. The Hall–Kier alpha value is -1.71. The zero-order chi connectivity index (χ0) is 13.2. The highest BCUT2D eigenvalue weighted by Gasteiger charge is 2.38. The van der Waals surface area contributed by atoms with Crippen LogP contribution in [0.5, 0.6) is 0 Å². The van der Waals surface area contributed by atoms with E-state index in [4.69, 9.17) is 0 Å². The fraction of sp³-hybridized carbons (Fsp3) is 0.467. The summed E-state index contributed by atoms with van der Waals surface area (Å²) < 4.78 is 13.0. The van der Waals surface area contributed by atoms with Crippen LogP contribution in [0.15, 0.2) is 29.4 Å². The third kappa shape index (κ3) is 2.67. The average Bonchev–Trinajstić information content (AvgIpc) is 3.01. The number of rotatable bonds is 3. The van der Waals surface area contributed by atoms with Crippen LogP contribution in [-0.4, -0.2) is 12.1 Å². The van der Waals surface area contributed by atoms with E-state index in [0.29, 0.717) is 11.5 Å². The minimum atomic E-state index is -0.412. The van der Waals surface area contributed by atoms with E-state index in [-0.39, 0.29) is 5.91 Å². The number of nitrogens with zero attached hydrogens (tertiary/aromatic N) is 1. The van der Waals surface area contributed by atoms with Crippen molar-refractivity contribution >= 4 is 12.1 Å². The quantitative estimate of drug-likeness (QED) is 0.659. The molecule has 3 unspecified atom stereocenters. The molecule has 1 aromatic rings.